The van der Waals surface area contributed by atoms with Crippen LogP contribution in [0, 0.1) is 0 Å². The molecular formula is C23H19N3O4S2. The van der Waals surface area contributed by atoms with E-state index in [1.165, 1.54) is 36.5 Å². The molecule has 0 unspecified atom stereocenters. The summed E-state index contributed by atoms with van der Waals surface area (Å²) < 4.78 is 5.69. The van der Waals surface area contributed by atoms with Crippen LogP contribution >= 0.6 is 22.7 Å². The molecule has 4 aromatic rings. The van der Waals surface area contributed by atoms with Gasteiger partial charge in [-0.05, 0) is 31.2 Å². The number of rotatable bonds is 7. The number of amides is 2. The van der Waals surface area contributed by atoms with Gasteiger partial charge in [0.05, 0.1) is 17.1 Å². The number of thiazole rings is 1. The molecule has 0 saturated heterocycles. The predicted octanol–water partition coefficient (Wildman–Crippen LogP) is 5.22. The van der Waals surface area contributed by atoms with E-state index < -0.39 is 5.91 Å². The van der Waals surface area contributed by atoms with Crippen LogP contribution in [-0.4, -0.2) is 22.6 Å². The van der Waals surface area contributed by atoms with Gasteiger partial charge in [-0.2, -0.15) is 0 Å². The zero-order chi connectivity index (χ0) is 22.7. The van der Waals surface area contributed by atoms with Crippen LogP contribution in [-0.2, 0) is 11.3 Å². The number of nitrogens with zero attached hydrogens (tertiary/aromatic N) is 1. The predicted molar refractivity (Wildman–Crippen MR) is 125 cm³/mol. The van der Waals surface area contributed by atoms with Gasteiger partial charge in [-0.1, -0.05) is 24.3 Å². The van der Waals surface area contributed by atoms with Crippen molar-refractivity contribution in [2.75, 3.05) is 5.32 Å². The Hall–Kier alpha value is -3.56. The summed E-state index contributed by atoms with van der Waals surface area (Å²) in [5, 5.41) is 7.86. The molecule has 0 aliphatic heterocycles. The topological polar surface area (TPSA) is 101 Å². The Kier molecular flexibility index (Phi) is 6.29. The van der Waals surface area contributed by atoms with Gasteiger partial charge in [-0.3, -0.25) is 19.7 Å². The zero-order valence-electron chi connectivity index (χ0n) is 17.3. The number of carbonyl (C=O) groups excluding carboxylic acids is 3. The molecule has 3 heterocycles. The number of ketones is 1. The standard InChI is InChI=1S/C23H19N3O4S2/c1-13(27)15-3-5-16(6-4-15)19-8-9-20(30-19)22(29)26-23-25-18(12-31-23)21-10-7-17(32-21)11-24-14(2)28/h3-10,12H,11H2,1-2H3,(H,24,28)(H,25,26,29). The van der Waals surface area contributed by atoms with Crippen molar-refractivity contribution in [1.29, 1.82) is 0 Å². The van der Waals surface area contributed by atoms with Gasteiger partial charge >= 0.3 is 0 Å². The minimum absolute atomic E-state index is 0.00891. The van der Waals surface area contributed by atoms with Crippen LogP contribution in [0.4, 0.5) is 5.13 Å². The largest absolute Gasteiger partial charge is 0.451 e. The quantitative estimate of drug-likeness (QED) is 0.364. The number of hydrogen-bond donors (Lipinski definition) is 2. The van der Waals surface area contributed by atoms with E-state index in [1.54, 1.807) is 36.4 Å². The van der Waals surface area contributed by atoms with Crippen molar-refractivity contribution in [2.24, 2.45) is 0 Å². The Morgan fingerprint density at radius 2 is 1.78 bits per heavy atom. The van der Waals surface area contributed by atoms with E-state index in [0.29, 0.717) is 23.0 Å². The van der Waals surface area contributed by atoms with Gasteiger partial charge in [-0.15, -0.1) is 22.7 Å². The molecule has 1 aromatic carbocycles. The van der Waals surface area contributed by atoms with Gasteiger partial charge in [0.25, 0.3) is 5.91 Å². The van der Waals surface area contributed by atoms with Gasteiger partial charge in [0.15, 0.2) is 16.7 Å². The highest BCUT2D eigenvalue weighted by Gasteiger charge is 2.15. The van der Waals surface area contributed by atoms with Crippen LogP contribution < -0.4 is 10.6 Å². The summed E-state index contributed by atoms with van der Waals surface area (Å²) >= 11 is 2.86. The first-order valence-electron chi connectivity index (χ1n) is 9.70. The van der Waals surface area contributed by atoms with Crippen molar-refractivity contribution in [1.82, 2.24) is 10.3 Å². The van der Waals surface area contributed by atoms with Gasteiger partial charge < -0.3 is 9.73 Å². The highest BCUT2D eigenvalue weighted by atomic mass is 32.1. The third kappa shape index (κ3) is 5.01. The normalized spacial score (nSPS) is 10.7. The van der Waals surface area contributed by atoms with Crippen molar-refractivity contribution in [2.45, 2.75) is 20.4 Å². The first-order chi connectivity index (χ1) is 15.4. The molecular weight excluding hydrogens is 446 g/mol. The molecule has 3 aromatic heterocycles. The molecule has 0 saturated carbocycles. The minimum Gasteiger partial charge on any atom is -0.451 e. The summed E-state index contributed by atoms with van der Waals surface area (Å²) in [4.78, 5) is 41.5. The molecule has 0 aliphatic carbocycles. The van der Waals surface area contributed by atoms with E-state index >= 15 is 0 Å². The van der Waals surface area contributed by atoms with Crippen LogP contribution in [0.3, 0.4) is 0 Å². The molecule has 32 heavy (non-hydrogen) atoms. The molecule has 0 aliphatic rings. The Balaban J connectivity index is 1.41. The smallest absolute Gasteiger partial charge is 0.293 e. The molecule has 2 N–H and O–H groups in total. The van der Waals surface area contributed by atoms with Crippen LogP contribution in [0.25, 0.3) is 21.9 Å². The molecule has 7 nitrogen and oxygen atoms in total. The van der Waals surface area contributed by atoms with E-state index in [0.717, 1.165) is 21.0 Å². The molecule has 162 valence electrons. The Morgan fingerprint density at radius 3 is 2.50 bits per heavy atom. The Labute approximate surface area is 192 Å². The first-order valence-corrected chi connectivity index (χ1v) is 11.4. The maximum atomic E-state index is 12.6. The van der Waals surface area contributed by atoms with Crippen LogP contribution in [0.1, 0.15) is 39.6 Å². The van der Waals surface area contributed by atoms with Crippen LogP contribution in [0.5, 0.6) is 0 Å². The summed E-state index contributed by atoms with van der Waals surface area (Å²) in [7, 11) is 0. The highest BCUT2D eigenvalue weighted by molar-refractivity contribution is 7.17. The Bertz CT molecular complexity index is 1280. The monoisotopic (exact) mass is 465 g/mol. The SMILES string of the molecule is CC(=O)NCc1ccc(-c2csc(NC(=O)c3ccc(-c4ccc(C(C)=O)cc4)o3)n2)s1. The molecule has 0 fully saturated rings. The van der Waals surface area contributed by atoms with Crippen molar-refractivity contribution >= 4 is 45.4 Å². The average Bonchev–Trinajstić information content (AvgIpc) is 3.52. The Morgan fingerprint density at radius 1 is 1.00 bits per heavy atom. The molecule has 0 bridgehead atoms. The summed E-state index contributed by atoms with van der Waals surface area (Å²) in [5.74, 6) is 0.227. The van der Waals surface area contributed by atoms with E-state index in [-0.39, 0.29) is 17.5 Å². The van der Waals surface area contributed by atoms with E-state index in [4.69, 9.17) is 4.42 Å². The number of aromatic nitrogens is 1. The highest BCUT2D eigenvalue weighted by Crippen LogP contribution is 2.31. The maximum Gasteiger partial charge on any atom is 0.293 e. The second-order valence-corrected chi connectivity index (χ2v) is 8.99. The fraction of sp³-hybridized carbons (Fsp3) is 0.130. The fourth-order valence-corrected chi connectivity index (χ4v) is 4.60. The molecule has 0 atom stereocenters. The summed E-state index contributed by atoms with van der Waals surface area (Å²) in [6, 6.07) is 14.2. The summed E-state index contributed by atoms with van der Waals surface area (Å²) in [6.45, 7) is 3.47. The number of anilines is 1. The molecule has 0 spiro atoms. The number of benzene rings is 1. The van der Waals surface area contributed by atoms with Crippen molar-refractivity contribution in [3.05, 3.63) is 70.1 Å². The van der Waals surface area contributed by atoms with Gasteiger partial charge in [0.1, 0.15) is 5.76 Å². The fourth-order valence-electron chi connectivity index (χ4n) is 2.91. The van der Waals surface area contributed by atoms with E-state index in [1.807, 2.05) is 17.5 Å². The minimum atomic E-state index is -0.393. The lowest BCUT2D eigenvalue weighted by Crippen LogP contribution is -2.17. The molecule has 2 amide bonds. The lowest BCUT2D eigenvalue weighted by Gasteiger charge is -2.00. The third-order valence-corrected chi connectivity index (χ3v) is 6.42. The molecule has 9 heteroatoms. The molecule has 0 radical (unpaired) electrons. The van der Waals surface area contributed by atoms with E-state index in [9.17, 15) is 14.4 Å². The van der Waals surface area contributed by atoms with Crippen LogP contribution in [0.15, 0.2) is 58.3 Å². The van der Waals surface area contributed by atoms with Gasteiger partial charge in [0, 0.05) is 28.3 Å². The number of furan rings is 1. The second kappa shape index (κ2) is 9.29. The molecule has 4 rings (SSSR count). The lowest BCUT2D eigenvalue weighted by atomic mass is 10.1. The van der Waals surface area contributed by atoms with E-state index in [2.05, 4.69) is 15.6 Å². The first kappa shape index (κ1) is 21.7. The number of nitrogens with one attached hydrogen (secondary N) is 2. The van der Waals surface area contributed by atoms with Crippen molar-refractivity contribution in [3.8, 4) is 21.9 Å². The summed E-state index contributed by atoms with van der Waals surface area (Å²) in [5.41, 5.74) is 2.15. The average molecular weight is 466 g/mol. The second-order valence-electron chi connectivity index (χ2n) is 6.97. The van der Waals surface area contributed by atoms with Crippen LogP contribution in [0.2, 0.25) is 0 Å². The van der Waals surface area contributed by atoms with Gasteiger partial charge in [-0.25, -0.2) is 4.98 Å². The summed E-state index contributed by atoms with van der Waals surface area (Å²) in [6.07, 6.45) is 0. The zero-order valence-corrected chi connectivity index (χ0v) is 18.9. The number of hydrogen-bond acceptors (Lipinski definition) is 7. The maximum absolute atomic E-state index is 12.6. The third-order valence-electron chi connectivity index (χ3n) is 4.56. The number of thiophene rings is 1. The number of carbonyl (C=O) groups is 3. The van der Waals surface area contributed by atoms with Crippen molar-refractivity contribution in [3.63, 3.8) is 0 Å². The van der Waals surface area contributed by atoms with Crippen molar-refractivity contribution < 1.29 is 18.8 Å². The lowest BCUT2D eigenvalue weighted by molar-refractivity contribution is -0.119. The number of Topliss-reactive ketones (excluding diaryl/α,β-unsaturated/α-hetero) is 1. The van der Waals surface area contributed by atoms with Gasteiger partial charge in [0.2, 0.25) is 5.91 Å².